The number of carbonyl (C=O) groups is 1. The van der Waals surface area contributed by atoms with Crippen LogP contribution >= 0.6 is 0 Å². The molecular weight excluding hydrogens is 302 g/mol. The highest BCUT2D eigenvalue weighted by molar-refractivity contribution is 5.96. The summed E-state index contributed by atoms with van der Waals surface area (Å²) in [6, 6.07) is 11.1. The molecule has 126 valence electrons. The van der Waals surface area contributed by atoms with Gasteiger partial charge in [0.2, 0.25) is 5.91 Å². The van der Waals surface area contributed by atoms with E-state index in [0.29, 0.717) is 11.6 Å². The maximum atomic E-state index is 13.0. The maximum Gasteiger partial charge on any atom is 0.267 e. The summed E-state index contributed by atoms with van der Waals surface area (Å²) in [5, 5.41) is 4.18. The molecule has 5 nitrogen and oxygen atoms in total. The predicted molar refractivity (Wildman–Crippen MR) is 94.3 cm³/mol. The standard InChI is InChI=1S/C19H23N3O2/c1-13-11-19(3,4)22(16-8-6-5-7-15(13)16)18(24)12-21-17(23)10-9-14(2)20-21/h5-10,13H,11-12H2,1-4H3/t13-/m1/s1. The molecule has 0 N–H and O–H groups in total. The van der Waals surface area contributed by atoms with Crippen molar-refractivity contribution in [2.24, 2.45) is 0 Å². The molecule has 0 unspecified atom stereocenters. The summed E-state index contributed by atoms with van der Waals surface area (Å²) >= 11 is 0. The average molecular weight is 325 g/mol. The Morgan fingerprint density at radius 1 is 1.25 bits per heavy atom. The van der Waals surface area contributed by atoms with Crippen molar-refractivity contribution in [2.45, 2.75) is 52.1 Å². The van der Waals surface area contributed by atoms with Crippen LogP contribution in [0, 0.1) is 6.92 Å². The Labute approximate surface area is 141 Å². The lowest BCUT2D eigenvalue weighted by Gasteiger charge is -2.46. The number of fused-ring (bicyclic) bond motifs is 1. The summed E-state index contributed by atoms with van der Waals surface area (Å²) in [6.45, 7) is 8.09. The molecule has 0 saturated heterocycles. The van der Waals surface area contributed by atoms with Crippen molar-refractivity contribution in [3.63, 3.8) is 0 Å². The minimum Gasteiger partial charge on any atom is -0.305 e. The molecule has 2 heterocycles. The molecule has 3 rings (SSSR count). The van der Waals surface area contributed by atoms with E-state index in [4.69, 9.17) is 0 Å². The summed E-state index contributed by atoms with van der Waals surface area (Å²) in [4.78, 5) is 26.9. The van der Waals surface area contributed by atoms with Crippen LogP contribution in [0.1, 0.15) is 44.4 Å². The highest BCUT2D eigenvalue weighted by atomic mass is 16.2. The van der Waals surface area contributed by atoms with Crippen LogP contribution in [0.5, 0.6) is 0 Å². The first-order valence-electron chi connectivity index (χ1n) is 8.26. The summed E-state index contributed by atoms with van der Waals surface area (Å²) in [5.41, 5.74) is 2.26. The topological polar surface area (TPSA) is 55.2 Å². The van der Waals surface area contributed by atoms with Gasteiger partial charge in [0.25, 0.3) is 5.56 Å². The van der Waals surface area contributed by atoms with Crippen LogP contribution in [-0.2, 0) is 11.3 Å². The first-order valence-corrected chi connectivity index (χ1v) is 8.26. The van der Waals surface area contributed by atoms with E-state index in [-0.39, 0.29) is 23.6 Å². The van der Waals surface area contributed by atoms with Crippen LogP contribution in [0.15, 0.2) is 41.2 Å². The highest BCUT2D eigenvalue weighted by Gasteiger charge is 2.39. The van der Waals surface area contributed by atoms with Crippen molar-refractivity contribution < 1.29 is 4.79 Å². The van der Waals surface area contributed by atoms with Gasteiger partial charge in [-0.2, -0.15) is 5.10 Å². The zero-order valence-electron chi connectivity index (χ0n) is 14.6. The van der Waals surface area contributed by atoms with E-state index >= 15 is 0 Å². The molecule has 2 aromatic rings. The van der Waals surface area contributed by atoms with Crippen molar-refractivity contribution in [1.29, 1.82) is 0 Å². The number of para-hydroxylation sites is 1. The second-order valence-electron chi connectivity index (χ2n) is 7.18. The Balaban J connectivity index is 2.00. The molecule has 24 heavy (non-hydrogen) atoms. The smallest absolute Gasteiger partial charge is 0.267 e. The van der Waals surface area contributed by atoms with E-state index < -0.39 is 0 Å². The van der Waals surface area contributed by atoms with Crippen LogP contribution in [0.4, 0.5) is 5.69 Å². The van der Waals surface area contributed by atoms with Gasteiger partial charge < -0.3 is 4.90 Å². The van der Waals surface area contributed by atoms with Crippen molar-refractivity contribution in [1.82, 2.24) is 9.78 Å². The van der Waals surface area contributed by atoms with Crippen molar-refractivity contribution in [3.05, 3.63) is 58.0 Å². The van der Waals surface area contributed by atoms with Gasteiger partial charge in [0, 0.05) is 17.3 Å². The molecule has 0 spiro atoms. The monoisotopic (exact) mass is 325 g/mol. The number of hydrogen-bond acceptors (Lipinski definition) is 3. The molecule has 5 heteroatoms. The Hall–Kier alpha value is -2.43. The second kappa shape index (κ2) is 5.89. The molecule has 1 aromatic carbocycles. The fourth-order valence-electron chi connectivity index (χ4n) is 3.72. The van der Waals surface area contributed by atoms with Gasteiger partial charge in [0.1, 0.15) is 6.54 Å². The van der Waals surface area contributed by atoms with E-state index in [1.54, 1.807) is 6.07 Å². The van der Waals surface area contributed by atoms with E-state index in [1.807, 2.05) is 30.0 Å². The fraction of sp³-hybridized carbons (Fsp3) is 0.421. The van der Waals surface area contributed by atoms with E-state index in [2.05, 4.69) is 31.9 Å². The third kappa shape index (κ3) is 2.86. The normalized spacial score (nSPS) is 19.0. The van der Waals surface area contributed by atoms with Crippen molar-refractivity contribution in [3.8, 4) is 0 Å². The van der Waals surface area contributed by atoms with Gasteiger partial charge >= 0.3 is 0 Å². The Morgan fingerprint density at radius 3 is 2.71 bits per heavy atom. The summed E-state index contributed by atoms with van der Waals surface area (Å²) < 4.78 is 1.24. The van der Waals surface area contributed by atoms with Crippen molar-refractivity contribution in [2.75, 3.05) is 4.90 Å². The quantitative estimate of drug-likeness (QED) is 0.853. The molecule has 0 saturated carbocycles. The molecule has 0 radical (unpaired) electrons. The zero-order valence-corrected chi connectivity index (χ0v) is 14.6. The van der Waals surface area contributed by atoms with Gasteiger partial charge in [-0.25, -0.2) is 4.68 Å². The number of aromatic nitrogens is 2. The minimum absolute atomic E-state index is 0.0489. The van der Waals surface area contributed by atoms with Crippen LogP contribution in [-0.4, -0.2) is 21.2 Å². The van der Waals surface area contributed by atoms with Gasteiger partial charge in [-0.15, -0.1) is 0 Å². The lowest BCUT2D eigenvalue weighted by molar-refractivity contribution is -0.120. The maximum absolute atomic E-state index is 13.0. The van der Waals surface area contributed by atoms with Crippen molar-refractivity contribution >= 4 is 11.6 Å². The number of amides is 1. The molecule has 1 aliphatic heterocycles. The van der Waals surface area contributed by atoms with Gasteiger partial charge in [-0.3, -0.25) is 9.59 Å². The average Bonchev–Trinajstić information content (AvgIpc) is 2.50. The summed E-state index contributed by atoms with van der Waals surface area (Å²) in [5.74, 6) is 0.277. The number of aryl methyl sites for hydroxylation is 1. The molecule has 0 aliphatic carbocycles. The number of benzene rings is 1. The molecule has 1 aromatic heterocycles. The molecule has 1 amide bonds. The van der Waals surface area contributed by atoms with E-state index in [0.717, 1.165) is 12.1 Å². The van der Waals surface area contributed by atoms with Crippen LogP contribution in [0.2, 0.25) is 0 Å². The summed E-state index contributed by atoms with van der Waals surface area (Å²) in [7, 11) is 0. The highest BCUT2D eigenvalue weighted by Crippen LogP contribution is 2.43. The van der Waals surface area contributed by atoms with Gasteiger partial charge in [-0.05, 0) is 50.8 Å². The number of rotatable bonds is 2. The lowest BCUT2D eigenvalue weighted by Crippen LogP contribution is -2.53. The molecule has 0 bridgehead atoms. The third-order valence-corrected chi connectivity index (χ3v) is 4.65. The largest absolute Gasteiger partial charge is 0.305 e. The van der Waals surface area contributed by atoms with Crippen LogP contribution in [0.3, 0.4) is 0 Å². The van der Waals surface area contributed by atoms with Gasteiger partial charge in [0.05, 0.1) is 5.69 Å². The lowest BCUT2D eigenvalue weighted by atomic mass is 9.80. The van der Waals surface area contributed by atoms with Crippen LogP contribution < -0.4 is 10.5 Å². The number of nitrogens with zero attached hydrogens (tertiary/aromatic N) is 3. The Morgan fingerprint density at radius 2 is 1.96 bits per heavy atom. The molecule has 1 aliphatic rings. The third-order valence-electron chi connectivity index (χ3n) is 4.65. The summed E-state index contributed by atoms with van der Waals surface area (Å²) in [6.07, 6.45) is 0.881. The van der Waals surface area contributed by atoms with Gasteiger partial charge in [0.15, 0.2) is 0 Å². The number of hydrogen-bond donors (Lipinski definition) is 0. The van der Waals surface area contributed by atoms with E-state index in [1.165, 1.54) is 16.3 Å². The first kappa shape index (κ1) is 16.4. The Kier molecular flexibility index (Phi) is 4.03. The molecular formula is C19H23N3O2. The SMILES string of the molecule is Cc1ccc(=O)n(CC(=O)N2c3ccccc3[C@H](C)CC2(C)C)n1. The molecule has 0 fully saturated rings. The fourth-order valence-corrected chi connectivity index (χ4v) is 3.72. The zero-order chi connectivity index (χ0) is 17.5. The predicted octanol–water partition coefficient (Wildman–Crippen LogP) is 2.87. The van der Waals surface area contributed by atoms with E-state index in [9.17, 15) is 9.59 Å². The van der Waals surface area contributed by atoms with Crippen LogP contribution in [0.25, 0.3) is 0 Å². The first-order chi connectivity index (χ1) is 11.3. The number of carbonyl (C=O) groups excluding carboxylic acids is 1. The Bertz CT molecular complexity index is 839. The molecule has 1 atom stereocenters. The minimum atomic E-state index is -0.307. The number of anilines is 1. The second-order valence-corrected chi connectivity index (χ2v) is 7.18. The van der Waals surface area contributed by atoms with Gasteiger partial charge in [-0.1, -0.05) is 25.1 Å².